The number of carbonyl (C=O) groups is 1. The first-order valence-electron chi connectivity index (χ1n) is 17.7. The van der Waals surface area contributed by atoms with Crippen LogP contribution < -0.4 is 21.1 Å². The maximum atomic E-state index is 15.4. The van der Waals surface area contributed by atoms with Gasteiger partial charge in [0.15, 0.2) is 0 Å². The molecule has 1 amide bonds. The molecule has 0 spiro atoms. The van der Waals surface area contributed by atoms with Crippen LogP contribution in [0.2, 0.25) is 0 Å². The highest BCUT2D eigenvalue weighted by molar-refractivity contribution is 5.90. The van der Waals surface area contributed by atoms with Gasteiger partial charge in [0.1, 0.15) is 23.1 Å². The summed E-state index contributed by atoms with van der Waals surface area (Å²) in [4.78, 5) is 18.8. The van der Waals surface area contributed by atoms with Crippen molar-refractivity contribution in [3.8, 4) is 17.0 Å². The number of nitrogens with two attached hydrogens (primary N) is 1. The Bertz CT molecular complexity index is 1870. The molecule has 1 unspecified atom stereocenters. The second-order valence-corrected chi connectivity index (χ2v) is 13.3. The number of aliphatic imine (C=N–C) groups is 1. The molecule has 1 aliphatic heterocycles. The van der Waals surface area contributed by atoms with Crippen molar-refractivity contribution in [3.63, 3.8) is 0 Å². The van der Waals surface area contributed by atoms with Gasteiger partial charge >= 0.3 is 0 Å². The van der Waals surface area contributed by atoms with Crippen molar-refractivity contribution < 1.29 is 18.3 Å². The monoisotopic (exact) mass is 695 g/mol. The molecule has 1 atom stereocenters. The van der Waals surface area contributed by atoms with Crippen LogP contribution in [0.3, 0.4) is 0 Å². The number of aryl methyl sites for hydroxylation is 2. The van der Waals surface area contributed by atoms with Crippen molar-refractivity contribution in [1.82, 2.24) is 15.6 Å². The fourth-order valence-corrected chi connectivity index (χ4v) is 5.86. The first-order chi connectivity index (χ1) is 24.5. The van der Waals surface area contributed by atoms with Gasteiger partial charge in [-0.25, -0.2) is 13.8 Å². The molecule has 51 heavy (non-hydrogen) atoms. The zero-order valence-electron chi connectivity index (χ0n) is 30.9. The zero-order chi connectivity index (χ0) is 37.3. The summed E-state index contributed by atoms with van der Waals surface area (Å²) in [6, 6.07) is 19.2. The Labute approximate surface area is 301 Å². The minimum atomic E-state index is -0.660. The summed E-state index contributed by atoms with van der Waals surface area (Å²) in [6.07, 6.45) is 5.19. The highest BCUT2D eigenvalue weighted by Gasteiger charge is 2.37. The van der Waals surface area contributed by atoms with Crippen molar-refractivity contribution >= 4 is 24.0 Å². The minimum absolute atomic E-state index is 0.205. The molecule has 7 nitrogen and oxygen atoms in total. The molecular formula is C42H51F2N5O2. The number of hydrogen-bond donors (Lipinski definition) is 3. The average molecular weight is 696 g/mol. The van der Waals surface area contributed by atoms with Crippen LogP contribution >= 0.6 is 0 Å². The molecule has 9 heteroatoms. The van der Waals surface area contributed by atoms with Crippen molar-refractivity contribution in [2.75, 3.05) is 25.9 Å². The Morgan fingerprint density at radius 3 is 2.43 bits per heavy atom. The lowest BCUT2D eigenvalue weighted by Gasteiger charge is -2.23. The molecule has 270 valence electrons. The van der Waals surface area contributed by atoms with E-state index in [1.165, 1.54) is 0 Å². The number of nitrogens with zero attached hydrogens (tertiary/aromatic N) is 2. The van der Waals surface area contributed by atoms with Crippen LogP contribution in [0.4, 0.5) is 14.5 Å². The lowest BCUT2D eigenvalue weighted by atomic mass is 9.84. The smallest absolute Gasteiger partial charge is 0.206 e. The van der Waals surface area contributed by atoms with Crippen LogP contribution in [-0.2, 0) is 16.6 Å². The second kappa shape index (κ2) is 17.2. The highest BCUT2D eigenvalue weighted by Crippen LogP contribution is 2.46. The number of aromatic nitrogens is 1. The van der Waals surface area contributed by atoms with Gasteiger partial charge < -0.3 is 21.1 Å². The van der Waals surface area contributed by atoms with E-state index in [4.69, 9.17) is 20.2 Å². The van der Waals surface area contributed by atoms with Gasteiger partial charge in [-0.2, -0.15) is 0 Å². The Morgan fingerprint density at radius 2 is 1.80 bits per heavy atom. The van der Waals surface area contributed by atoms with Gasteiger partial charge in [0.25, 0.3) is 0 Å². The molecule has 2 aliphatic rings. The van der Waals surface area contributed by atoms with Crippen molar-refractivity contribution in [2.45, 2.75) is 78.2 Å². The number of nitrogen functional groups attached to an aromatic ring is 1. The van der Waals surface area contributed by atoms with Crippen LogP contribution in [-0.4, -0.2) is 43.8 Å². The van der Waals surface area contributed by atoms with Gasteiger partial charge in [-0.1, -0.05) is 71.5 Å². The molecule has 6 rings (SSSR count). The summed E-state index contributed by atoms with van der Waals surface area (Å²) in [5.74, 6) is -0.869. The molecular weight excluding hydrogens is 644 g/mol. The molecule has 1 aromatic heterocycles. The molecule has 0 saturated heterocycles. The van der Waals surface area contributed by atoms with E-state index < -0.39 is 11.6 Å². The Morgan fingerprint density at radius 1 is 1.12 bits per heavy atom. The fraction of sp³-hybridized carbons (Fsp3) is 0.357. The van der Waals surface area contributed by atoms with Crippen molar-refractivity contribution in [1.29, 1.82) is 0 Å². The lowest BCUT2D eigenvalue weighted by molar-refractivity contribution is -0.109. The van der Waals surface area contributed by atoms with Crippen LogP contribution in [0.5, 0.6) is 5.75 Å². The summed E-state index contributed by atoms with van der Waals surface area (Å²) in [6.45, 7) is 17.3. The lowest BCUT2D eigenvalue weighted by Crippen LogP contribution is -2.23. The normalized spacial score (nSPS) is 14.6. The number of ether oxygens (including phenoxy) is 1. The Hall–Kier alpha value is -5.05. The van der Waals surface area contributed by atoms with Crippen LogP contribution in [0.25, 0.3) is 17.0 Å². The predicted octanol–water partition coefficient (Wildman–Crippen LogP) is 8.51. The van der Waals surface area contributed by atoms with E-state index in [1.807, 2.05) is 64.2 Å². The van der Waals surface area contributed by atoms with E-state index in [0.717, 1.165) is 63.8 Å². The third-order valence-corrected chi connectivity index (χ3v) is 9.01. The van der Waals surface area contributed by atoms with E-state index in [9.17, 15) is 4.39 Å². The molecule has 1 saturated carbocycles. The maximum Gasteiger partial charge on any atom is 0.206 e. The van der Waals surface area contributed by atoms with Crippen LogP contribution in [0.1, 0.15) is 92.5 Å². The molecule has 0 bridgehead atoms. The second-order valence-electron chi connectivity index (χ2n) is 13.3. The van der Waals surface area contributed by atoms with Gasteiger partial charge in [0, 0.05) is 65.3 Å². The number of pyridine rings is 1. The van der Waals surface area contributed by atoms with Gasteiger partial charge in [-0.3, -0.25) is 9.79 Å². The largest absolute Gasteiger partial charge is 0.490 e. The van der Waals surface area contributed by atoms with Crippen LogP contribution in [0, 0.1) is 18.6 Å². The summed E-state index contributed by atoms with van der Waals surface area (Å²) in [5, 5.41) is 5.81. The van der Waals surface area contributed by atoms with Crippen molar-refractivity contribution in [3.05, 3.63) is 118 Å². The van der Waals surface area contributed by atoms with E-state index >= 15 is 4.39 Å². The molecule has 2 heterocycles. The summed E-state index contributed by atoms with van der Waals surface area (Å²) in [7, 11) is 1.56. The number of fused-ring (bicyclic) bond motifs is 1. The number of anilines is 1. The average Bonchev–Trinajstić information content (AvgIpc) is 3.92. The topological polar surface area (TPSA) is 102 Å². The SMILES string of the molecule is C=C(NCC(c1ccccc1)c1cc2c(c(-c3cc(CC)c(F)cc3F)n1)OCC2(C)C)c1cc(C)c(N)c(C=NC2CC2)c1.CC.CNC=O. The molecule has 4 aromatic rings. The molecule has 1 aliphatic carbocycles. The number of nitrogens with one attached hydrogen (secondary N) is 2. The van der Waals surface area contributed by atoms with Crippen molar-refractivity contribution in [2.24, 2.45) is 4.99 Å². The summed E-state index contributed by atoms with van der Waals surface area (Å²) < 4.78 is 36.1. The van der Waals surface area contributed by atoms with Gasteiger partial charge in [-0.05, 0) is 72.7 Å². The highest BCUT2D eigenvalue weighted by atomic mass is 19.1. The Kier molecular flexibility index (Phi) is 13.1. The predicted molar refractivity (Wildman–Crippen MR) is 205 cm³/mol. The van der Waals surface area contributed by atoms with Gasteiger partial charge in [0.2, 0.25) is 6.41 Å². The number of rotatable bonds is 11. The fourth-order valence-electron chi connectivity index (χ4n) is 5.86. The first-order valence-corrected chi connectivity index (χ1v) is 17.7. The summed E-state index contributed by atoms with van der Waals surface area (Å²) >= 11 is 0. The Balaban J connectivity index is 0.000000909. The first kappa shape index (κ1) is 38.7. The molecule has 3 aromatic carbocycles. The minimum Gasteiger partial charge on any atom is -0.490 e. The number of benzene rings is 3. The zero-order valence-corrected chi connectivity index (χ0v) is 30.9. The van der Waals surface area contributed by atoms with E-state index in [2.05, 4.69) is 54.3 Å². The van der Waals surface area contributed by atoms with E-state index in [-0.39, 0.29) is 16.9 Å². The van der Waals surface area contributed by atoms with Gasteiger partial charge in [-0.15, -0.1) is 0 Å². The maximum absolute atomic E-state index is 15.4. The number of carbonyl (C=O) groups excluding carboxylic acids is 1. The molecule has 0 radical (unpaired) electrons. The van der Waals surface area contributed by atoms with E-state index in [0.29, 0.717) is 49.0 Å². The van der Waals surface area contributed by atoms with E-state index in [1.54, 1.807) is 13.1 Å². The summed E-state index contributed by atoms with van der Waals surface area (Å²) in [5.41, 5.74) is 14.2. The quantitative estimate of drug-likeness (QED) is 0.0830. The third kappa shape index (κ3) is 9.20. The number of hydrogen-bond acceptors (Lipinski definition) is 6. The van der Waals surface area contributed by atoms with Crippen LogP contribution in [0.15, 0.2) is 72.2 Å². The molecule has 1 fully saturated rings. The molecule has 4 N–H and O–H groups in total. The van der Waals surface area contributed by atoms with Gasteiger partial charge in [0.05, 0.1) is 18.3 Å². The third-order valence-electron chi connectivity index (χ3n) is 9.01. The number of amides is 1. The number of halogens is 2. The standard InChI is InChI=1S/C38H40F2N4O.C2H5NO.C2H6/c1-6-24-16-29(33(40)18-32(24)39)36-37-31(38(4,5)21-45-37)17-34(44-36)30(25-10-8-7-9-11-25)20-42-23(3)26-14-22(2)35(41)27(15-26)19-43-28-12-13-28;1-3-2-4;1-2/h7-11,14-19,28,30,42H,3,6,12-13,20-21,41H2,1-2,4-5H3;2H,1H3,(H,3,4);1-2H3.